The number of hydrogen-bond acceptors (Lipinski definition) is 15. The SMILES string of the molecule is C=CCCCCCCCCCCCCCCCC(=O)O[C@H](COC(=O)CCCC/C=C/CCCCCCCCCCC)CO[C@@H]1O[C@H](CO[C@@H]2O[C@H](CO)[C@H](O)C(O)C2O)[C@H](O)C(O)C1O. The van der Waals surface area contributed by atoms with Crippen molar-refractivity contribution in [3.05, 3.63) is 24.8 Å². The lowest BCUT2D eigenvalue weighted by molar-refractivity contribution is -0.332. The fourth-order valence-corrected chi connectivity index (χ4v) is 8.25. The topological polar surface area (TPSA) is 231 Å². The van der Waals surface area contributed by atoms with Gasteiger partial charge in [0.25, 0.3) is 0 Å². The van der Waals surface area contributed by atoms with Crippen molar-refractivity contribution in [3.8, 4) is 0 Å². The van der Waals surface area contributed by atoms with E-state index in [1.54, 1.807) is 0 Å². The summed E-state index contributed by atoms with van der Waals surface area (Å²) in [5.74, 6) is -0.948. The van der Waals surface area contributed by atoms with Crippen molar-refractivity contribution in [1.29, 1.82) is 0 Å². The zero-order valence-corrected chi connectivity index (χ0v) is 40.5. The minimum atomic E-state index is -1.77. The summed E-state index contributed by atoms with van der Waals surface area (Å²) in [7, 11) is 0. The molecule has 0 saturated carbocycles. The number of carbonyl (C=O) groups is 2. The smallest absolute Gasteiger partial charge is 0.306 e. The maximum Gasteiger partial charge on any atom is 0.306 e. The van der Waals surface area contributed by atoms with Gasteiger partial charge in [0.1, 0.15) is 55.4 Å². The summed E-state index contributed by atoms with van der Waals surface area (Å²) in [5, 5.41) is 72.0. The van der Waals surface area contributed by atoms with Crippen molar-refractivity contribution in [2.45, 2.75) is 261 Å². The third kappa shape index (κ3) is 26.7. The molecule has 2 fully saturated rings. The van der Waals surface area contributed by atoms with Gasteiger partial charge in [0.05, 0.1) is 19.8 Å². The van der Waals surface area contributed by atoms with Crippen molar-refractivity contribution >= 4 is 11.9 Å². The molecule has 0 spiro atoms. The fraction of sp³-hybridized carbons (Fsp3) is 0.882. The summed E-state index contributed by atoms with van der Waals surface area (Å²) < 4.78 is 33.6. The van der Waals surface area contributed by atoms with E-state index in [4.69, 9.17) is 28.4 Å². The van der Waals surface area contributed by atoms with E-state index in [0.29, 0.717) is 12.8 Å². The van der Waals surface area contributed by atoms with E-state index in [9.17, 15) is 45.3 Å². The van der Waals surface area contributed by atoms with Crippen molar-refractivity contribution in [1.82, 2.24) is 0 Å². The van der Waals surface area contributed by atoms with Crippen LogP contribution in [0.15, 0.2) is 24.8 Å². The number of aliphatic hydroxyl groups excluding tert-OH is 7. The lowest BCUT2D eigenvalue weighted by Gasteiger charge is -2.42. The molecule has 0 bridgehead atoms. The van der Waals surface area contributed by atoms with Crippen LogP contribution in [0.3, 0.4) is 0 Å². The maximum absolute atomic E-state index is 13.0. The minimum Gasteiger partial charge on any atom is -0.462 e. The average molecular weight is 945 g/mol. The Kier molecular flexibility index (Phi) is 35.3. The Balaban J connectivity index is 1.81. The normalized spacial score (nSPS) is 26.1. The van der Waals surface area contributed by atoms with Gasteiger partial charge < -0.3 is 64.2 Å². The molecular formula is C51H92O15. The number of allylic oxidation sites excluding steroid dienone is 3. The minimum absolute atomic E-state index is 0.161. The van der Waals surface area contributed by atoms with Crippen molar-refractivity contribution in [2.75, 3.05) is 26.4 Å². The Morgan fingerprint density at radius 2 is 0.939 bits per heavy atom. The second-order valence-electron chi connectivity index (χ2n) is 18.4. The van der Waals surface area contributed by atoms with Gasteiger partial charge in [-0.2, -0.15) is 0 Å². The van der Waals surface area contributed by atoms with Gasteiger partial charge in [-0.3, -0.25) is 9.59 Å². The van der Waals surface area contributed by atoms with Crippen molar-refractivity contribution < 1.29 is 73.8 Å². The molecule has 0 aromatic rings. The summed E-state index contributed by atoms with van der Waals surface area (Å²) in [4.78, 5) is 25.7. The quantitative estimate of drug-likeness (QED) is 0.0183. The van der Waals surface area contributed by atoms with Gasteiger partial charge in [-0.15, -0.1) is 6.58 Å². The van der Waals surface area contributed by atoms with Crippen molar-refractivity contribution in [3.63, 3.8) is 0 Å². The van der Waals surface area contributed by atoms with E-state index < -0.39 is 92.7 Å². The molecule has 0 aliphatic carbocycles. The zero-order valence-electron chi connectivity index (χ0n) is 40.5. The molecule has 15 nitrogen and oxygen atoms in total. The summed E-state index contributed by atoms with van der Waals surface area (Å²) in [6.45, 7) is 4.11. The van der Waals surface area contributed by atoms with Gasteiger partial charge in [-0.1, -0.05) is 147 Å². The Morgan fingerprint density at radius 1 is 0.515 bits per heavy atom. The predicted molar refractivity (Wildman–Crippen MR) is 252 cm³/mol. The molecule has 386 valence electrons. The number of hydrogen-bond donors (Lipinski definition) is 7. The predicted octanol–water partition coefficient (Wildman–Crippen LogP) is 7.16. The molecule has 0 aromatic heterocycles. The number of aliphatic hydroxyl groups is 7. The highest BCUT2D eigenvalue weighted by molar-refractivity contribution is 5.70. The second kappa shape index (κ2) is 38.8. The van der Waals surface area contributed by atoms with Gasteiger partial charge in [0.15, 0.2) is 18.7 Å². The van der Waals surface area contributed by atoms with Crippen LogP contribution in [-0.2, 0) is 38.0 Å². The number of carbonyl (C=O) groups excluding carboxylic acids is 2. The van der Waals surface area contributed by atoms with Gasteiger partial charge in [-0.25, -0.2) is 0 Å². The molecule has 2 saturated heterocycles. The van der Waals surface area contributed by atoms with Gasteiger partial charge in [0.2, 0.25) is 0 Å². The molecule has 2 heterocycles. The third-order valence-electron chi connectivity index (χ3n) is 12.5. The lowest BCUT2D eigenvalue weighted by Crippen LogP contribution is -2.61. The third-order valence-corrected chi connectivity index (χ3v) is 12.5. The highest BCUT2D eigenvalue weighted by Gasteiger charge is 2.47. The van der Waals surface area contributed by atoms with E-state index >= 15 is 0 Å². The zero-order chi connectivity index (χ0) is 48.2. The first kappa shape index (κ1) is 60.1. The standard InChI is InChI=1S/C51H92O15/c1-3-5-7-9-11-13-15-17-19-21-23-25-27-29-31-33-42(53)61-36-39(64-43(54)34-32-30-28-26-24-22-20-18-16-14-12-10-8-6-4-2)37-62-50-49(60)47(58)45(56)41(66-50)38-63-51-48(59)46(57)44(55)40(35-52)65-51/h4,23,25,39-41,44-52,55-60H,2-3,5-22,24,26-38H2,1H3/b25-23+/t39-,40-,41-,44+,45+,46?,47?,48?,49?,50-,51-/m1/s1. The van der Waals surface area contributed by atoms with E-state index in [1.807, 2.05) is 6.08 Å². The summed E-state index contributed by atoms with van der Waals surface area (Å²) >= 11 is 0. The Morgan fingerprint density at radius 3 is 1.47 bits per heavy atom. The van der Waals surface area contributed by atoms with Crippen LogP contribution in [0, 0.1) is 0 Å². The first-order chi connectivity index (χ1) is 32.0. The molecule has 0 amide bonds. The summed E-state index contributed by atoms with van der Waals surface area (Å²) in [5.41, 5.74) is 0. The molecule has 15 heteroatoms. The maximum atomic E-state index is 13.0. The number of rotatable bonds is 41. The van der Waals surface area contributed by atoms with E-state index in [0.717, 1.165) is 44.9 Å². The van der Waals surface area contributed by atoms with Crippen LogP contribution < -0.4 is 0 Å². The van der Waals surface area contributed by atoms with Crippen LogP contribution in [0.25, 0.3) is 0 Å². The molecule has 2 aliphatic rings. The monoisotopic (exact) mass is 945 g/mol. The molecule has 2 rings (SSSR count). The van der Waals surface area contributed by atoms with Crippen LogP contribution in [0.4, 0.5) is 0 Å². The molecular weight excluding hydrogens is 853 g/mol. The molecule has 4 unspecified atom stereocenters. The fourth-order valence-electron chi connectivity index (χ4n) is 8.25. The number of esters is 2. The van der Waals surface area contributed by atoms with E-state index in [-0.39, 0.29) is 26.1 Å². The highest BCUT2D eigenvalue weighted by Crippen LogP contribution is 2.26. The van der Waals surface area contributed by atoms with Gasteiger partial charge in [0, 0.05) is 12.8 Å². The van der Waals surface area contributed by atoms with E-state index in [2.05, 4.69) is 25.7 Å². The van der Waals surface area contributed by atoms with Crippen LogP contribution >= 0.6 is 0 Å². The molecule has 2 aliphatic heterocycles. The van der Waals surface area contributed by atoms with Crippen LogP contribution in [0.5, 0.6) is 0 Å². The first-order valence-electron chi connectivity index (χ1n) is 25.9. The number of ether oxygens (including phenoxy) is 6. The largest absolute Gasteiger partial charge is 0.462 e. The molecule has 0 aromatic carbocycles. The molecule has 66 heavy (non-hydrogen) atoms. The molecule has 11 atom stereocenters. The second-order valence-corrected chi connectivity index (χ2v) is 18.4. The Hall–Kier alpha value is -2.02. The molecule has 0 radical (unpaired) electrons. The highest BCUT2D eigenvalue weighted by atomic mass is 16.7. The van der Waals surface area contributed by atoms with E-state index in [1.165, 1.54) is 116 Å². The Bertz CT molecular complexity index is 1240. The van der Waals surface area contributed by atoms with Crippen LogP contribution in [0.1, 0.15) is 193 Å². The average Bonchev–Trinajstić information content (AvgIpc) is 3.31. The Labute approximate surface area is 396 Å². The summed E-state index contributed by atoms with van der Waals surface area (Å²) in [6.07, 6.45) is 21.0. The van der Waals surface area contributed by atoms with Crippen molar-refractivity contribution in [2.24, 2.45) is 0 Å². The van der Waals surface area contributed by atoms with Crippen LogP contribution in [-0.4, -0.2) is 142 Å². The number of unbranched alkanes of at least 4 members (excludes halogenated alkanes) is 24. The first-order valence-corrected chi connectivity index (χ1v) is 25.9. The van der Waals surface area contributed by atoms with Gasteiger partial charge >= 0.3 is 11.9 Å². The van der Waals surface area contributed by atoms with Crippen LogP contribution in [0.2, 0.25) is 0 Å². The molecule has 7 N–H and O–H groups in total. The van der Waals surface area contributed by atoms with Gasteiger partial charge in [-0.05, 0) is 51.4 Å². The summed E-state index contributed by atoms with van der Waals surface area (Å²) in [6, 6.07) is 0. The lowest BCUT2D eigenvalue weighted by atomic mass is 9.98.